The fourth-order valence-corrected chi connectivity index (χ4v) is 3.75. The number of carbonyl (C=O) groups excluding carboxylic acids is 3. The van der Waals surface area contributed by atoms with E-state index < -0.39 is 23.2 Å². The summed E-state index contributed by atoms with van der Waals surface area (Å²) in [5.74, 6) is -1.39. The topological polar surface area (TPSA) is 83.9 Å². The molecule has 1 aromatic rings. The Kier molecular flexibility index (Phi) is 5.95. The second-order valence-electron chi connectivity index (χ2n) is 4.81. The number of ether oxygens (including phenoxy) is 1. The standard InChI is InChI=1S/C15H13BrClNO5S/c1-3-23-14(21)7(2)18-13(20)11(24-15(18)22)5-8-4-9(17)6-10(16)12(8)19/h4-7,19H,3H2,1-2H3/b11-5+. The van der Waals surface area contributed by atoms with E-state index in [-0.39, 0.29) is 22.8 Å². The van der Waals surface area contributed by atoms with Crippen LogP contribution >= 0.6 is 39.3 Å². The van der Waals surface area contributed by atoms with E-state index in [4.69, 9.17) is 16.3 Å². The number of carbonyl (C=O) groups is 3. The Morgan fingerprint density at radius 2 is 2.17 bits per heavy atom. The van der Waals surface area contributed by atoms with Crippen LogP contribution in [0.2, 0.25) is 5.02 Å². The molecule has 1 heterocycles. The van der Waals surface area contributed by atoms with E-state index in [1.165, 1.54) is 25.1 Å². The number of hydrogen-bond donors (Lipinski definition) is 1. The molecule has 1 saturated heterocycles. The van der Waals surface area contributed by atoms with Crippen molar-refractivity contribution >= 4 is 62.5 Å². The Labute approximate surface area is 155 Å². The average Bonchev–Trinajstić information content (AvgIpc) is 2.78. The van der Waals surface area contributed by atoms with Gasteiger partial charge in [0.25, 0.3) is 11.1 Å². The number of thioether (sulfide) groups is 1. The molecule has 0 aliphatic carbocycles. The van der Waals surface area contributed by atoms with Gasteiger partial charge in [0.2, 0.25) is 0 Å². The highest BCUT2D eigenvalue weighted by Gasteiger charge is 2.41. The van der Waals surface area contributed by atoms with Gasteiger partial charge in [-0.1, -0.05) is 11.6 Å². The largest absolute Gasteiger partial charge is 0.506 e. The molecule has 2 amide bonds. The molecule has 2 rings (SSSR count). The second kappa shape index (κ2) is 7.58. The summed E-state index contributed by atoms with van der Waals surface area (Å²) in [5.41, 5.74) is 0.281. The summed E-state index contributed by atoms with van der Waals surface area (Å²) in [7, 11) is 0. The Bertz CT molecular complexity index is 752. The Morgan fingerprint density at radius 1 is 1.50 bits per heavy atom. The van der Waals surface area contributed by atoms with Crippen molar-refractivity contribution in [3.05, 3.63) is 32.1 Å². The maximum absolute atomic E-state index is 12.4. The van der Waals surface area contributed by atoms with Crippen molar-refractivity contribution in [2.45, 2.75) is 19.9 Å². The van der Waals surface area contributed by atoms with Crippen molar-refractivity contribution in [2.75, 3.05) is 6.61 Å². The zero-order chi connectivity index (χ0) is 18.0. The number of phenolic OH excluding ortho intramolecular Hbond substituents is 1. The van der Waals surface area contributed by atoms with Crippen molar-refractivity contribution < 1.29 is 24.2 Å². The number of esters is 1. The molecular formula is C15H13BrClNO5S. The SMILES string of the molecule is CCOC(=O)C(C)N1C(=O)S/C(=C/c2cc(Cl)cc(Br)c2O)C1=O. The van der Waals surface area contributed by atoms with Gasteiger partial charge >= 0.3 is 5.97 Å². The van der Waals surface area contributed by atoms with Crippen LogP contribution in [0.5, 0.6) is 5.75 Å². The quantitative estimate of drug-likeness (QED) is 0.573. The lowest BCUT2D eigenvalue weighted by atomic mass is 10.2. The molecule has 1 unspecified atom stereocenters. The number of phenols is 1. The number of rotatable bonds is 4. The third kappa shape index (κ3) is 3.76. The van der Waals surface area contributed by atoms with Crippen LogP contribution in [0, 0.1) is 0 Å². The summed E-state index contributed by atoms with van der Waals surface area (Å²) in [4.78, 5) is 37.2. The van der Waals surface area contributed by atoms with Gasteiger partial charge in [-0.05, 0) is 59.7 Å². The Hall–Kier alpha value is -1.51. The van der Waals surface area contributed by atoms with Crippen LogP contribution in [0.25, 0.3) is 6.08 Å². The lowest BCUT2D eigenvalue weighted by Crippen LogP contribution is -2.42. The molecular weight excluding hydrogens is 422 g/mol. The lowest BCUT2D eigenvalue weighted by Gasteiger charge is -2.19. The maximum Gasteiger partial charge on any atom is 0.329 e. The van der Waals surface area contributed by atoms with E-state index in [0.29, 0.717) is 21.3 Å². The van der Waals surface area contributed by atoms with Crippen LogP contribution in [0.1, 0.15) is 19.4 Å². The maximum atomic E-state index is 12.4. The summed E-state index contributed by atoms with van der Waals surface area (Å²) >= 11 is 9.76. The van der Waals surface area contributed by atoms with Crippen LogP contribution in [0.15, 0.2) is 21.5 Å². The predicted octanol–water partition coefficient (Wildman–Crippen LogP) is 3.80. The van der Waals surface area contributed by atoms with E-state index in [9.17, 15) is 19.5 Å². The third-order valence-corrected chi connectivity index (χ3v) is 4.89. The van der Waals surface area contributed by atoms with Gasteiger partial charge in [0, 0.05) is 10.6 Å². The summed E-state index contributed by atoms with van der Waals surface area (Å²) in [6.45, 7) is 3.21. The van der Waals surface area contributed by atoms with E-state index in [1.54, 1.807) is 6.92 Å². The first-order valence-electron chi connectivity index (χ1n) is 6.88. The van der Waals surface area contributed by atoms with Gasteiger partial charge in [0.1, 0.15) is 11.8 Å². The van der Waals surface area contributed by atoms with E-state index >= 15 is 0 Å². The highest BCUT2D eigenvalue weighted by molar-refractivity contribution is 9.10. The molecule has 1 aliphatic rings. The summed E-state index contributed by atoms with van der Waals surface area (Å²) in [6, 6.07) is 1.94. The molecule has 0 spiro atoms. The second-order valence-corrected chi connectivity index (χ2v) is 7.09. The average molecular weight is 435 g/mol. The van der Waals surface area contributed by atoms with Crippen molar-refractivity contribution in [3.63, 3.8) is 0 Å². The first-order chi connectivity index (χ1) is 11.3. The lowest BCUT2D eigenvalue weighted by molar-refractivity contribution is -0.150. The summed E-state index contributed by atoms with van der Waals surface area (Å²) in [6.07, 6.45) is 1.36. The summed E-state index contributed by atoms with van der Waals surface area (Å²) < 4.78 is 5.20. The van der Waals surface area contributed by atoms with Crippen LogP contribution in [0.3, 0.4) is 0 Å². The molecule has 1 aromatic carbocycles. The van der Waals surface area contributed by atoms with Gasteiger partial charge in [0.15, 0.2) is 0 Å². The molecule has 9 heteroatoms. The zero-order valence-corrected chi connectivity index (χ0v) is 15.9. The van der Waals surface area contributed by atoms with Crippen molar-refractivity contribution in [1.29, 1.82) is 0 Å². The fraction of sp³-hybridized carbons (Fsp3) is 0.267. The number of amides is 2. The minimum absolute atomic E-state index is 0.0839. The molecule has 128 valence electrons. The van der Waals surface area contributed by atoms with Gasteiger partial charge in [-0.3, -0.25) is 14.5 Å². The zero-order valence-electron chi connectivity index (χ0n) is 12.7. The van der Waals surface area contributed by atoms with Gasteiger partial charge < -0.3 is 9.84 Å². The normalized spacial score (nSPS) is 17.5. The Morgan fingerprint density at radius 3 is 2.79 bits per heavy atom. The predicted molar refractivity (Wildman–Crippen MR) is 94.7 cm³/mol. The fourth-order valence-electron chi connectivity index (χ4n) is 2.02. The number of halogens is 2. The first kappa shape index (κ1) is 18.8. The van der Waals surface area contributed by atoms with Crippen LogP contribution in [0.4, 0.5) is 4.79 Å². The van der Waals surface area contributed by atoms with Gasteiger partial charge in [-0.2, -0.15) is 0 Å². The van der Waals surface area contributed by atoms with Crippen LogP contribution in [-0.4, -0.2) is 39.8 Å². The third-order valence-electron chi connectivity index (χ3n) is 3.18. The van der Waals surface area contributed by atoms with Gasteiger partial charge in [-0.25, -0.2) is 4.79 Å². The molecule has 0 radical (unpaired) electrons. The molecule has 1 aliphatic heterocycles. The number of imide groups is 1. The number of nitrogens with zero attached hydrogens (tertiary/aromatic N) is 1. The number of benzene rings is 1. The molecule has 0 saturated carbocycles. The highest BCUT2D eigenvalue weighted by atomic mass is 79.9. The first-order valence-corrected chi connectivity index (χ1v) is 8.86. The smallest absolute Gasteiger partial charge is 0.329 e. The summed E-state index contributed by atoms with van der Waals surface area (Å²) in [5, 5.41) is 9.80. The van der Waals surface area contributed by atoms with Crippen molar-refractivity contribution in [3.8, 4) is 5.75 Å². The van der Waals surface area contributed by atoms with E-state index in [1.807, 2.05) is 0 Å². The molecule has 1 N–H and O–H groups in total. The minimum atomic E-state index is -1.02. The van der Waals surface area contributed by atoms with Crippen LogP contribution < -0.4 is 0 Å². The molecule has 1 atom stereocenters. The molecule has 0 bridgehead atoms. The van der Waals surface area contributed by atoms with Crippen molar-refractivity contribution in [1.82, 2.24) is 4.90 Å². The molecule has 0 aromatic heterocycles. The highest BCUT2D eigenvalue weighted by Crippen LogP contribution is 2.38. The minimum Gasteiger partial charge on any atom is -0.506 e. The van der Waals surface area contributed by atoms with Gasteiger partial charge in [0.05, 0.1) is 16.0 Å². The molecule has 6 nitrogen and oxygen atoms in total. The molecule has 24 heavy (non-hydrogen) atoms. The van der Waals surface area contributed by atoms with Crippen molar-refractivity contribution in [2.24, 2.45) is 0 Å². The van der Waals surface area contributed by atoms with E-state index in [2.05, 4.69) is 15.9 Å². The van der Waals surface area contributed by atoms with E-state index in [0.717, 1.165) is 4.90 Å². The van der Waals surface area contributed by atoms with Crippen LogP contribution in [-0.2, 0) is 14.3 Å². The Balaban J connectivity index is 2.33. The number of hydrogen-bond acceptors (Lipinski definition) is 6. The monoisotopic (exact) mass is 433 g/mol. The number of aromatic hydroxyl groups is 1. The molecule has 1 fully saturated rings. The van der Waals surface area contributed by atoms with Gasteiger partial charge in [-0.15, -0.1) is 0 Å².